The first-order valence-electron chi connectivity index (χ1n) is 14.5. The molecule has 1 amide bonds. The highest BCUT2D eigenvalue weighted by atomic mass is 35.5. The van der Waals surface area contributed by atoms with Gasteiger partial charge in [0.1, 0.15) is 10.8 Å². The Balaban J connectivity index is 1.82. The highest BCUT2D eigenvalue weighted by Crippen LogP contribution is 2.34. The second-order valence-corrected chi connectivity index (χ2v) is 12.0. The van der Waals surface area contributed by atoms with Crippen LogP contribution in [0.5, 0.6) is 5.75 Å². The van der Waals surface area contributed by atoms with Crippen LogP contribution in [0.25, 0.3) is 33.6 Å². The van der Waals surface area contributed by atoms with Gasteiger partial charge < -0.3 is 9.64 Å². The summed E-state index contributed by atoms with van der Waals surface area (Å²) in [5.74, 6) is 0.537. The van der Waals surface area contributed by atoms with Crippen LogP contribution in [0.15, 0.2) is 64.3 Å². The fourth-order valence-corrected chi connectivity index (χ4v) is 6.35. The number of likely N-dealkylation sites (tertiary alicyclic amines) is 1. The van der Waals surface area contributed by atoms with Crippen molar-refractivity contribution in [1.29, 1.82) is 0 Å². The van der Waals surface area contributed by atoms with Crippen LogP contribution >= 0.6 is 22.9 Å². The first-order valence-corrected chi connectivity index (χ1v) is 15.8. The Morgan fingerprint density at radius 3 is 2.48 bits per heavy atom. The van der Waals surface area contributed by atoms with E-state index in [1.807, 2.05) is 79.6 Å². The van der Waals surface area contributed by atoms with E-state index in [2.05, 4.69) is 6.92 Å². The van der Waals surface area contributed by atoms with Gasteiger partial charge in [-0.15, -0.1) is 11.3 Å². The van der Waals surface area contributed by atoms with Gasteiger partial charge in [-0.25, -0.2) is 4.98 Å². The van der Waals surface area contributed by atoms with Crippen molar-refractivity contribution in [2.24, 2.45) is 0 Å². The number of pyridine rings is 1. The highest BCUT2D eigenvalue weighted by molar-refractivity contribution is 7.13. The number of hydrogen-bond donors (Lipinski definition) is 0. The molecule has 0 N–H and O–H groups in total. The van der Waals surface area contributed by atoms with Crippen molar-refractivity contribution < 1.29 is 9.53 Å². The molecule has 42 heavy (non-hydrogen) atoms. The van der Waals surface area contributed by atoms with Crippen LogP contribution in [-0.2, 0) is 6.42 Å². The summed E-state index contributed by atoms with van der Waals surface area (Å²) in [7, 11) is 0. The predicted molar refractivity (Wildman–Crippen MR) is 173 cm³/mol. The van der Waals surface area contributed by atoms with Crippen molar-refractivity contribution in [3.8, 4) is 33.3 Å². The minimum Gasteiger partial charge on any atom is -0.492 e. The standard InChI is InChI=1S/C34H36ClN3O3S/c1-5-23-11-10-12-30(41-6-2)31(23)38-29(19-22(3)4)26(33(39)37-17-8-7-9-18-37)20-27(34(38)40)32-36-28(21-42-32)24-13-15-25(35)16-14-24/h10-16,19-21H,5-9,17-18H2,1-4H3. The lowest BCUT2D eigenvalue weighted by atomic mass is 10.0. The number of rotatable bonds is 8. The van der Waals surface area contributed by atoms with E-state index >= 15 is 0 Å². The zero-order chi connectivity index (χ0) is 29.8. The molecule has 1 aliphatic heterocycles. The molecular weight excluding hydrogens is 566 g/mol. The Morgan fingerprint density at radius 2 is 1.81 bits per heavy atom. The topological polar surface area (TPSA) is 64.4 Å². The number of carbonyl (C=O) groups excluding carboxylic acids is 1. The molecule has 1 saturated heterocycles. The van der Waals surface area contributed by atoms with Crippen molar-refractivity contribution in [3.05, 3.63) is 91.7 Å². The number of hydrogen-bond acceptors (Lipinski definition) is 5. The van der Waals surface area contributed by atoms with E-state index in [1.54, 1.807) is 10.6 Å². The monoisotopic (exact) mass is 601 g/mol. The summed E-state index contributed by atoms with van der Waals surface area (Å²) in [6.07, 6.45) is 5.68. The Morgan fingerprint density at radius 1 is 1.07 bits per heavy atom. The van der Waals surface area contributed by atoms with Gasteiger partial charge in [0.15, 0.2) is 0 Å². The lowest BCUT2D eigenvalue weighted by Gasteiger charge is -2.28. The van der Waals surface area contributed by atoms with Crippen molar-refractivity contribution in [1.82, 2.24) is 14.5 Å². The average molecular weight is 602 g/mol. The Bertz CT molecular complexity index is 1680. The lowest BCUT2D eigenvalue weighted by molar-refractivity contribution is 0.0723. The number of allylic oxidation sites excluding steroid dienone is 1. The number of para-hydroxylation sites is 1. The fraction of sp³-hybridized carbons (Fsp3) is 0.324. The molecule has 1 aliphatic rings. The molecule has 3 heterocycles. The maximum atomic E-state index is 14.6. The van der Waals surface area contributed by atoms with E-state index < -0.39 is 0 Å². The molecule has 0 aliphatic carbocycles. The molecule has 6 nitrogen and oxygen atoms in total. The number of piperidine rings is 1. The van der Waals surface area contributed by atoms with Gasteiger partial charge in [-0.3, -0.25) is 14.2 Å². The SMILES string of the molecule is CCOc1cccc(CC)c1-n1c(C=C(C)C)c(C(=O)N2CCCCC2)cc(-c2nc(-c3ccc(Cl)cc3)cs2)c1=O. The molecule has 0 bridgehead atoms. The summed E-state index contributed by atoms with van der Waals surface area (Å²) < 4.78 is 7.77. The number of ether oxygens (including phenoxy) is 1. The molecule has 5 rings (SSSR count). The van der Waals surface area contributed by atoms with E-state index in [1.165, 1.54) is 11.3 Å². The number of aryl methyl sites for hydroxylation is 1. The number of nitrogens with zero attached hydrogens (tertiary/aromatic N) is 3. The van der Waals surface area contributed by atoms with Crippen LogP contribution < -0.4 is 10.3 Å². The Hall–Kier alpha value is -3.68. The summed E-state index contributed by atoms with van der Waals surface area (Å²) in [6, 6.07) is 15.1. The molecule has 0 saturated carbocycles. The zero-order valence-electron chi connectivity index (χ0n) is 24.6. The number of aromatic nitrogens is 2. The van der Waals surface area contributed by atoms with Crippen LogP contribution in [-0.4, -0.2) is 40.1 Å². The van der Waals surface area contributed by atoms with Crippen molar-refractivity contribution in [2.75, 3.05) is 19.7 Å². The van der Waals surface area contributed by atoms with Crippen LogP contribution in [0, 0.1) is 0 Å². The maximum Gasteiger partial charge on any atom is 0.266 e. The third-order valence-corrected chi connectivity index (χ3v) is 8.53. The quantitative estimate of drug-likeness (QED) is 0.204. The van der Waals surface area contributed by atoms with E-state index in [-0.39, 0.29) is 11.5 Å². The third kappa shape index (κ3) is 6.08. The first-order chi connectivity index (χ1) is 20.3. The molecule has 8 heteroatoms. The Labute approximate surface area is 256 Å². The molecule has 1 fully saturated rings. The van der Waals surface area contributed by atoms with E-state index in [9.17, 15) is 9.59 Å². The second kappa shape index (κ2) is 13.1. The minimum atomic E-state index is -0.239. The molecule has 2 aromatic heterocycles. The first kappa shape index (κ1) is 29.8. The van der Waals surface area contributed by atoms with Crippen LogP contribution in [0.2, 0.25) is 5.02 Å². The van der Waals surface area contributed by atoms with Crippen molar-refractivity contribution >= 4 is 34.9 Å². The number of amides is 1. The summed E-state index contributed by atoms with van der Waals surface area (Å²) in [5, 5.41) is 3.14. The third-order valence-electron chi connectivity index (χ3n) is 7.40. The van der Waals surface area contributed by atoms with Crippen molar-refractivity contribution in [2.45, 2.75) is 53.4 Å². The van der Waals surface area contributed by atoms with Crippen LogP contribution in [0.4, 0.5) is 0 Å². The van der Waals surface area contributed by atoms with Crippen LogP contribution in [0.1, 0.15) is 68.6 Å². The lowest BCUT2D eigenvalue weighted by Crippen LogP contribution is -2.37. The molecule has 0 radical (unpaired) electrons. The molecular formula is C34H36ClN3O3S. The highest BCUT2D eigenvalue weighted by Gasteiger charge is 2.28. The smallest absolute Gasteiger partial charge is 0.266 e. The second-order valence-electron chi connectivity index (χ2n) is 10.7. The predicted octanol–water partition coefficient (Wildman–Crippen LogP) is 8.29. The number of thiazole rings is 1. The summed E-state index contributed by atoms with van der Waals surface area (Å²) in [6.45, 7) is 9.80. The number of carbonyl (C=O) groups is 1. The minimum absolute atomic E-state index is 0.0707. The summed E-state index contributed by atoms with van der Waals surface area (Å²) in [5.41, 5.74) is 5.47. The Kier molecular flexibility index (Phi) is 9.29. The van der Waals surface area contributed by atoms with E-state index in [0.29, 0.717) is 64.4 Å². The van der Waals surface area contributed by atoms with Gasteiger partial charge in [-0.05, 0) is 82.4 Å². The molecule has 2 aromatic carbocycles. The van der Waals surface area contributed by atoms with Gasteiger partial charge in [-0.2, -0.15) is 0 Å². The largest absolute Gasteiger partial charge is 0.492 e. The fourth-order valence-electron chi connectivity index (χ4n) is 5.39. The maximum absolute atomic E-state index is 14.6. The van der Waals surface area contributed by atoms with Gasteiger partial charge in [0.2, 0.25) is 0 Å². The molecule has 0 spiro atoms. The average Bonchev–Trinajstić information content (AvgIpc) is 3.48. The van der Waals surface area contributed by atoms with Crippen LogP contribution in [0.3, 0.4) is 0 Å². The molecule has 0 unspecified atom stereocenters. The molecule has 218 valence electrons. The van der Waals surface area contributed by atoms with Gasteiger partial charge >= 0.3 is 0 Å². The van der Waals surface area contributed by atoms with E-state index in [4.69, 9.17) is 21.3 Å². The van der Waals surface area contributed by atoms with Gasteiger partial charge in [-0.1, -0.05) is 48.4 Å². The normalized spacial score (nSPS) is 13.2. The van der Waals surface area contributed by atoms with Crippen molar-refractivity contribution in [3.63, 3.8) is 0 Å². The number of halogens is 1. The molecule has 4 aromatic rings. The number of benzene rings is 2. The van der Waals surface area contributed by atoms with Gasteiger partial charge in [0.05, 0.1) is 34.8 Å². The summed E-state index contributed by atoms with van der Waals surface area (Å²) >= 11 is 7.50. The molecule has 0 atom stereocenters. The van der Waals surface area contributed by atoms with E-state index in [0.717, 1.165) is 41.7 Å². The summed E-state index contributed by atoms with van der Waals surface area (Å²) in [4.78, 5) is 35.6. The zero-order valence-corrected chi connectivity index (χ0v) is 26.1. The van der Waals surface area contributed by atoms with Gasteiger partial charge in [0, 0.05) is 29.1 Å². The van der Waals surface area contributed by atoms with Gasteiger partial charge in [0.25, 0.3) is 11.5 Å².